The molecule has 0 aliphatic carbocycles. The van der Waals surface area contributed by atoms with Gasteiger partial charge in [0.15, 0.2) is 5.96 Å². The number of anilines is 1. The Labute approximate surface area is 166 Å². The summed E-state index contributed by atoms with van der Waals surface area (Å²) in [5.41, 5.74) is 2.49. The third-order valence-corrected chi connectivity index (χ3v) is 4.13. The van der Waals surface area contributed by atoms with Crippen LogP contribution in [0.3, 0.4) is 0 Å². The maximum absolute atomic E-state index is 13.7. The quantitative estimate of drug-likeness (QED) is 0.480. The number of halogens is 1. The van der Waals surface area contributed by atoms with E-state index in [1.54, 1.807) is 19.2 Å². The van der Waals surface area contributed by atoms with Crippen LogP contribution in [0.5, 0.6) is 0 Å². The largest absolute Gasteiger partial charge is 0.356 e. The van der Waals surface area contributed by atoms with Gasteiger partial charge < -0.3 is 16.0 Å². The molecule has 5 nitrogen and oxygen atoms in total. The molecule has 1 amide bonds. The monoisotopic (exact) mass is 384 g/mol. The molecule has 0 spiro atoms. The van der Waals surface area contributed by atoms with Crippen molar-refractivity contribution >= 4 is 17.6 Å². The first-order valence-electron chi connectivity index (χ1n) is 9.54. The van der Waals surface area contributed by atoms with Crippen LogP contribution < -0.4 is 16.0 Å². The van der Waals surface area contributed by atoms with Crippen LogP contribution in [0.1, 0.15) is 31.4 Å². The second-order valence-electron chi connectivity index (χ2n) is 7.04. The fraction of sp³-hybridized carbons (Fsp3) is 0.364. The second-order valence-corrected chi connectivity index (χ2v) is 7.04. The number of rotatable bonds is 8. The molecular formula is C22H29FN4O. The zero-order valence-electron chi connectivity index (χ0n) is 16.8. The molecule has 2 aromatic rings. The Kier molecular flexibility index (Phi) is 8.46. The van der Waals surface area contributed by atoms with E-state index in [0.717, 1.165) is 11.3 Å². The maximum atomic E-state index is 13.7. The smallest absolute Gasteiger partial charge is 0.224 e. The van der Waals surface area contributed by atoms with Crippen LogP contribution in [0.15, 0.2) is 53.5 Å². The minimum atomic E-state index is -0.191. The van der Waals surface area contributed by atoms with Gasteiger partial charge in [-0.25, -0.2) is 4.39 Å². The van der Waals surface area contributed by atoms with E-state index in [1.165, 1.54) is 6.07 Å². The number of nitrogens with zero attached hydrogens (tertiary/aromatic N) is 1. The van der Waals surface area contributed by atoms with Crippen molar-refractivity contribution in [2.75, 3.05) is 18.9 Å². The number of guanidine groups is 1. The molecule has 0 heterocycles. The van der Waals surface area contributed by atoms with Gasteiger partial charge in [-0.3, -0.25) is 9.79 Å². The van der Waals surface area contributed by atoms with Crippen molar-refractivity contribution in [1.29, 1.82) is 0 Å². The van der Waals surface area contributed by atoms with Gasteiger partial charge in [0.25, 0.3) is 0 Å². The highest BCUT2D eigenvalue weighted by Gasteiger charge is 2.06. The van der Waals surface area contributed by atoms with E-state index >= 15 is 0 Å². The van der Waals surface area contributed by atoms with Crippen LogP contribution >= 0.6 is 0 Å². The van der Waals surface area contributed by atoms with Gasteiger partial charge in [-0.05, 0) is 41.7 Å². The fourth-order valence-electron chi connectivity index (χ4n) is 2.76. The summed E-state index contributed by atoms with van der Waals surface area (Å²) < 4.78 is 13.7. The molecule has 0 fully saturated rings. The molecule has 150 valence electrons. The number of carbonyl (C=O) groups is 1. The third-order valence-electron chi connectivity index (χ3n) is 4.13. The Morgan fingerprint density at radius 3 is 2.61 bits per heavy atom. The first kappa shape index (κ1) is 21.4. The van der Waals surface area contributed by atoms with Crippen molar-refractivity contribution < 1.29 is 9.18 Å². The highest BCUT2D eigenvalue weighted by atomic mass is 19.1. The average molecular weight is 384 g/mol. The molecule has 0 unspecified atom stereocenters. The summed E-state index contributed by atoms with van der Waals surface area (Å²) >= 11 is 0. The Hall–Kier alpha value is -2.89. The number of amides is 1. The van der Waals surface area contributed by atoms with Gasteiger partial charge in [-0.1, -0.05) is 44.2 Å². The van der Waals surface area contributed by atoms with E-state index in [9.17, 15) is 9.18 Å². The number of benzene rings is 2. The SMILES string of the molecule is CN=C(NCCc1ccccc1F)NCc1cccc(NC(=O)CC(C)C)c1. The summed E-state index contributed by atoms with van der Waals surface area (Å²) in [6, 6.07) is 14.5. The first-order chi connectivity index (χ1) is 13.5. The van der Waals surface area contributed by atoms with E-state index in [2.05, 4.69) is 20.9 Å². The molecule has 6 heteroatoms. The molecule has 28 heavy (non-hydrogen) atoms. The molecular weight excluding hydrogens is 355 g/mol. The molecule has 0 bridgehead atoms. The Morgan fingerprint density at radius 2 is 1.89 bits per heavy atom. The summed E-state index contributed by atoms with van der Waals surface area (Å²) in [7, 11) is 1.70. The molecule has 3 N–H and O–H groups in total. The summed E-state index contributed by atoms with van der Waals surface area (Å²) in [4.78, 5) is 16.1. The van der Waals surface area contributed by atoms with Gasteiger partial charge in [-0.15, -0.1) is 0 Å². The Balaban J connectivity index is 1.82. The molecule has 0 aliphatic heterocycles. The lowest BCUT2D eigenvalue weighted by atomic mass is 10.1. The van der Waals surface area contributed by atoms with E-state index in [1.807, 2.05) is 44.2 Å². The average Bonchev–Trinajstić information content (AvgIpc) is 2.65. The molecule has 0 aliphatic rings. The maximum Gasteiger partial charge on any atom is 0.224 e. The van der Waals surface area contributed by atoms with E-state index in [0.29, 0.717) is 43.4 Å². The third kappa shape index (κ3) is 7.39. The number of aliphatic imine (C=N–C) groups is 1. The van der Waals surface area contributed by atoms with Crippen molar-refractivity contribution in [3.63, 3.8) is 0 Å². The highest BCUT2D eigenvalue weighted by Crippen LogP contribution is 2.12. The summed E-state index contributed by atoms with van der Waals surface area (Å²) in [6.45, 7) is 5.18. The van der Waals surface area contributed by atoms with Gasteiger partial charge >= 0.3 is 0 Å². The Morgan fingerprint density at radius 1 is 1.11 bits per heavy atom. The Bertz CT molecular complexity index is 805. The molecule has 2 aromatic carbocycles. The van der Waals surface area contributed by atoms with Crippen LogP contribution in [0, 0.1) is 11.7 Å². The van der Waals surface area contributed by atoms with Gasteiger partial charge in [0, 0.05) is 32.2 Å². The van der Waals surface area contributed by atoms with Crippen molar-refractivity contribution in [2.24, 2.45) is 10.9 Å². The van der Waals surface area contributed by atoms with Crippen molar-refractivity contribution in [3.8, 4) is 0 Å². The van der Waals surface area contributed by atoms with Gasteiger partial charge in [0.2, 0.25) is 5.91 Å². The minimum Gasteiger partial charge on any atom is -0.356 e. The number of hydrogen-bond acceptors (Lipinski definition) is 2. The van der Waals surface area contributed by atoms with Crippen LogP contribution in [-0.4, -0.2) is 25.5 Å². The number of hydrogen-bond donors (Lipinski definition) is 3. The lowest BCUT2D eigenvalue weighted by molar-refractivity contribution is -0.116. The van der Waals surface area contributed by atoms with E-state index < -0.39 is 0 Å². The zero-order valence-corrected chi connectivity index (χ0v) is 16.8. The van der Waals surface area contributed by atoms with Crippen LogP contribution in [0.2, 0.25) is 0 Å². The predicted molar refractivity (Wildman–Crippen MR) is 113 cm³/mol. The molecule has 2 rings (SSSR count). The van der Waals surface area contributed by atoms with Gasteiger partial charge in [-0.2, -0.15) is 0 Å². The van der Waals surface area contributed by atoms with E-state index in [4.69, 9.17) is 0 Å². The summed E-state index contributed by atoms with van der Waals surface area (Å²) in [6.07, 6.45) is 1.08. The molecule has 0 saturated carbocycles. The lowest BCUT2D eigenvalue weighted by Crippen LogP contribution is -2.37. The lowest BCUT2D eigenvalue weighted by Gasteiger charge is -2.13. The van der Waals surface area contributed by atoms with Gasteiger partial charge in [0.05, 0.1) is 0 Å². The minimum absolute atomic E-state index is 0.0192. The standard InChI is InChI=1S/C22H29FN4O/c1-16(2)13-21(28)27-19-9-6-7-17(14-19)15-26-22(24-3)25-12-11-18-8-4-5-10-20(18)23/h4-10,14,16H,11-13,15H2,1-3H3,(H,27,28)(H2,24,25,26). The summed E-state index contributed by atoms with van der Waals surface area (Å²) in [5, 5.41) is 9.34. The predicted octanol–water partition coefficient (Wildman–Crippen LogP) is 3.72. The first-order valence-corrected chi connectivity index (χ1v) is 9.54. The molecule has 0 radical (unpaired) electrons. The van der Waals surface area contributed by atoms with E-state index in [-0.39, 0.29) is 11.7 Å². The van der Waals surface area contributed by atoms with Crippen molar-refractivity contribution in [2.45, 2.75) is 33.2 Å². The molecule has 0 saturated heterocycles. The highest BCUT2D eigenvalue weighted by molar-refractivity contribution is 5.90. The van der Waals surface area contributed by atoms with Gasteiger partial charge in [0.1, 0.15) is 5.82 Å². The second kappa shape index (κ2) is 11.1. The molecule has 0 aromatic heterocycles. The summed E-state index contributed by atoms with van der Waals surface area (Å²) in [5.74, 6) is 0.795. The van der Waals surface area contributed by atoms with Crippen LogP contribution in [0.25, 0.3) is 0 Å². The number of carbonyl (C=O) groups excluding carboxylic acids is 1. The fourth-order valence-corrected chi connectivity index (χ4v) is 2.76. The van der Waals surface area contributed by atoms with Crippen LogP contribution in [0.4, 0.5) is 10.1 Å². The topological polar surface area (TPSA) is 65.5 Å². The van der Waals surface area contributed by atoms with Crippen LogP contribution in [-0.2, 0) is 17.8 Å². The number of nitrogens with one attached hydrogen (secondary N) is 3. The normalized spacial score (nSPS) is 11.4. The zero-order chi connectivity index (χ0) is 20.4. The van der Waals surface area contributed by atoms with Crippen molar-refractivity contribution in [1.82, 2.24) is 10.6 Å². The van der Waals surface area contributed by atoms with Crippen molar-refractivity contribution in [3.05, 3.63) is 65.5 Å². The molecule has 0 atom stereocenters.